The van der Waals surface area contributed by atoms with Gasteiger partial charge >= 0.3 is 0 Å². The molecule has 1 heteroatoms. The molecule has 1 aromatic heterocycles. The summed E-state index contributed by atoms with van der Waals surface area (Å²) >= 11 is 0. The summed E-state index contributed by atoms with van der Waals surface area (Å²) < 4.78 is 2.70. The Balaban J connectivity index is 1.79. The van der Waals surface area contributed by atoms with E-state index >= 15 is 0 Å². The standard InChI is InChI=1S/C32H32N/c1-32(2,3)21-33-30-25-15-9-7-11-22(25)17-19-27(30)29(24-13-5-4-6-14-24)28-20-18-23-12-8-10-16-26(23)31(28)33/h4-16H,17-21H2,1-3H3/q+1. The van der Waals surface area contributed by atoms with Crippen molar-refractivity contribution < 1.29 is 4.57 Å². The molecule has 1 nitrogen and oxygen atoms in total. The van der Waals surface area contributed by atoms with E-state index in [1.54, 1.807) is 11.1 Å². The monoisotopic (exact) mass is 430 g/mol. The summed E-state index contributed by atoms with van der Waals surface area (Å²) in [5, 5.41) is 0. The number of fused-ring (bicyclic) bond motifs is 6. The number of nitrogens with zero attached hydrogens (tertiary/aromatic N) is 1. The lowest BCUT2D eigenvalue weighted by molar-refractivity contribution is -0.688. The Hall–Kier alpha value is -3.19. The van der Waals surface area contributed by atoms with Crippen LogP contribution in [-0.2, 0) is 32.2 Å². The molecule has 0 fully saturated rings. The molecule has 2 aliphatic carbocycles. The molecule has 1 heterocycles. The quantitative estimate of drug-likeness (QED) is 0.296. The number of rotatable bonds is 2. The van der Waals surface area contributed by atoms with E-state index in [0.717, 1.165) is 32.2 Å². The molecule has 0 amide bonds. The maximum Gasteiger partial charge on any atom is 0.217 e. The lowest BCUT2D eigenvalue weighted by atomic mass is 9.77. The van der Waals surface area contributed by atoms with Gasteiger partial charge in [-0.05, 0) is 54.5 Å². The highest BCUT2D eigenvalue weighted by Gasteiger charge is 2.38. The van der Waals surface area contributed by atoms with Crippen molar-refractivity contribution >= 4 is 0 Å². The van der Waals surface area contributed by atoms with Crippen molar-refractivity contribution in [2.45, 2.75) is 53.0 Å². The van der Waals surface area contributed by atoms with Gasteiger partial charge in [0.05, 0.1) is 0 Å². The van der Waals surface area contributed by atoms with E-state index in [2.05, 4.69) is 104 Å². The van der Waals surface area contributed by atoms with Crippen molar-refractivity contribution in [2.24, 2.45) is 5.41 Å². The van der Waals surface area contributed by atoms with Gasteiger partial charge in [-0.1, -0.05) is 87.5 Å². The molecular weight excluding hydrogens is 398 g/mol. The van der Waals surface area contributed by atoms with Crippen molar-refractivity contribution in [3.63, 3.8) is 0 Å². The van der Waals surface area contributed by atoms with E-state index in [1.165, 1.54) is 44.8 Å². The first-order chi connectivity index (χ1) is 16.0. The van der Waals surface area contributed by atoms with Crippen LogP contribution >= 0.6 is 0 Å². The first-order valence-electron chi connectivity index (χ1n) is 12.3. The SMILES string of the molecule is CC(C)(C)C[n+]1c2c(c(-c3ccccc3)c3c1-c1ccccc1CC3)CCc1ccccc1-2. The molecule has 164 valence electrons. The summed E-state index contributed by atoms with van der Waals surface area (Å²) in [6.07, 6.45) is 4.45. The fourth-order valence-electron chi connectivity index (χ4n) is 6.00. The highest BCUT2D eigenvalue weighted by molar-refractivity contribution is 5.85. The molecule has 3 aromatic carbocycles. The highest BCUT2D eigenvalue weighted by atomic mass is 15.0. The van der Waals surface area contributed by atoms with Crippen LogP contribution in [0.25, 0.3) is 33.6 Å². The average Bonchev–Trinajstić information content (AvgIpc) is 2.83. The number of hydrogen-bond acceptors (Lipinski definition) is 0. The van der Waals surface area contributed by atoms with Crippen LogP contribution in [0.5, 0.6) is 0 Å². The third-order valence-corrected chi connectivity index (χ3v) is 7.24. The minimum Gasteiger partial charge on any atom is -0.190 e. The first-order valence-corrected chi connectivity index (χ1v) is 12.3. The van der Waals surface area contributed by atoms with E-state index in [4.69, 9.17) is 0 Å². The summed E-state index contributed by atoms with van der Waals surface area (Å²) in [5.74, 6) is 0. The minimum absolute atomic E-state index is 0.180. The minimum atomic E-state index is 0.180. The van der Waals surface area contributed by atoms with Gasteiger partial charge < -0.3 is 0 Å². The summed E-state index contributed by atoms with van der Waals surface area (Å²) in [5.41, 5.74) is 14.8. The highest BCUT2D eigenvalue weighted by Crippen LogP contribution is 2.45. The third-order valence-electron chi connectivity index (χ3n) is 7.24. The van der Waals surface area contributed by atoms with Gasteiger partial charge in [0.1, 0.15) is 0 Å². The van der Waals surface area contributed by atoms with Gasteiger partial charge in [0, 0.05) is 33.2 Å². The lowest BCUT2D eigenvalue weighted by Gasteiger charge is -2.30. The van der Waals surface area contributed by atoms with Gasteiger partial charge in [-0.3, -0.25) is 0 Å². The molecule has 0 saturated heterocycles. The smallest absolute Gasteiger partial charge is 0.190 e. The fourth-order valence-corrected chi connectivity index (χ4v) is 6.00. The number of benzene rings is 3. The summed E-state index contributed by atoms with van der Waals surface area (Å²) in [6, 6.07) is 29.3. The zero-order valence-electron chi connectivity index (χ0n) is 20.0. The van der Waals surface area contributed by atoms with Gasteiger partial charge in [0.15, 0.2) is 6.54 Å². The maximum absolute atomic E-state index is 2.70. The van der Waals surface area contributed by atoms with Gasteiger partial charge in [-0.25, -0.2) is 0 Å². The number of hydrogen-bond donors (Lipinski definition) is 0. The second kappa shape index (κ2) is 7.70. The van der Waals surface area contributed by atoms with Crippen LogP contribution in [0.4, 0.5) is 0 Å². The Morgan fingerprint density at radius 3 is 1.61 bits per heavy atom. The van der Waals surface area contributed by atoms with Gasteiger partial charge in [0.25, 0.3) is 0 Å². The predicted molar refractivity (Wildman–Crippen MR) is 137 cm³/mol. The van der Waals surface area contributed by atoms with Gasteiger partial charge in [-0.15, -0.1) is 0 Å². The molecule has 6 rings (SSSR count). The lowest BCUT2D eigenvalue weighted by Crippen LogP contribution is -2.47. The number of aryl methyl sites for hydroxylation is 2. The molecule has 0 radical (unpaired) electrons. The Labute approximate surface area is 197 Å². The Bertz CT molecular complexity index is 1280. The molecule has 0 spiro atoms. The second-order valence-corrected chi connectivity index (χ2v) is 10.9. The Morgan fingerprint density at radius 1 is 0.606 bits per heavy atom. The molecule has 0 bridgehead atoms. The molecule has 4 aromatic rings. The zero-order chi connectivity index (χ0) is 22.6. The summed E-state index contributed by atoms with van der Waals surface area (Å²) in [7, 11) is 0. The van der Waals surface area contributed by atoms with Crippen LogP contribution in [0.1, 0.15) is 43.0 Å². The van der Waals surface area contributed by atoms with E-state index in [1.807, 2.05) is 0 Å². The van der Waals surface area contributed by atoms with Crippen LogP contribution in [0.15, 0.2) is 78.9 Å². The molecule has 0 saturated carbocycles. The normalized spacial score (nSPS) is 14.2. The number of aromatic nitrogens is 1. The average molecular weight is 431 g/mol. The van der Waals surface area contributed by atoms with E-state index in [0.29, 0.717) is 0 Å². The van der Waals surface area contributed by atoms with Crippen LogP contribution in [-0.4, -0.2) is 0 Å². The Morgan fingerprint density at radius 2 is 1.09 bits per heavy atom. The van der Waals surface area contributed by atoms with Crippen molar-refractivity contribution in [3.05, 3.63) is 101 Å². The van der Waals surface area contributed by atoms with Gasteiger partial charge in [-0.2, -0.15) is 4.57 Å². The van der Waals surface area contributed by atoms with Crippen LogP contribution in [0.2, 0.25) is 0 Å². The molecule has 0 atom stereocenters. The maximum atomic E-state index is 2.70. The molecule has 33 heavy (non-hydrogen) atoms. The predicted octanol–water partition coefficient (Wildman–Crippen LogP) is 7.22. The largest absolute Gasteiger partial charge is 0.217 e. The number of pyridine rings is 1. The topological polar surface area (TPSA) is 3.88 Å². The van der Waals surface area contributed by atoms with E-state index in [9.17, 15) is 0 Å². The molecule has 0 N–H and O–H groups in total. The summed E-state index contributed by atoms with van der Waals surface area (Å²) in [6.45, 7) is 8.11. The molecular formula is C32H32N+. The zero-order valence-corrected chi connectivity index (χ0v) is 20.0. The Kier molecular flexibility index (Phi) is 4.76. The first kappa shape index (κ1) is 20.4. The third kappa shape index (κ3) is 3.42. The van der Waals surface area contributed by atoms with Crippen molar-refractivity contribution in [3.8, 4) is 33.6 Å². The van der Waals surface area contributed by atoms with Gasteiger partial charge in [0.2, 0.25) is 11.4 Å². The van der Waals surface area contributed by atoms with Crippen LogP contribution in [0.3, 0.4) is 0 Å². The second-order valence-electron chi connectivity index (χ2n) is 10.9. The van der Waals surface area contributed by atoms with Crippen molar-refractivity contribution in [1.29, 1.82) is 0 Å². The van der Waals surface area contributed by atoms with E-state index < -0.39 is 0 Å². The molecule has 2 aliphatic rings. The van der Waals surface area contributed by atoms with Crippen LogP contribution < -0.4 is 4.57 Å². The molecule has 0 aliphatic heterocycles. The molecule has 0 unspecified atom stereocenters. The van der Waals surface area contributed by atoms with E-state index in [-0.39, 0.29) is 5.41 Å². The van der Waals surface area contributed by atoms with Crippen molar-refractivity contribution in [2.75, 3.05) is 0 Å². The van der Waals surface area contributed by atoms with Crippen LogP contribution in [0, 0.1) is 5.41 Å². The van der Waals surface area contributed by atoms with Crippen molar-refractivity contribution in [1.82, 2.24) is 0 Å². The fraction of sp³-hybridized carbons (Fsp3) is 0.281. The summed E-state index contributed by atoms with van der Waals surface area (Å²) in [4.78, 5) is 0.